The number of benzene rings is 1. The summed E-state index contributed by atoms with van der Waals surface area (Å²) < 4.78 is 5.65. The van der Waals surface area contributed by atoms with E-state index >= 15 is 0 Å². The van der Waals surface area contributed by atoms with Gasteiger partial charge in [-0.25, -0.2) is 0 Å². The van der Waals surface area contributed by atoms with E-state index in [1.165, 1.54) is 19.3 Å². The number of unbranched alkanes of at least 4 members (excludes halogenated alkanes) is 3. The minimum Gasteiger partial charge on any atom is -0.494 e. The maximum atomic E-state index is 8.70. The van der Waals surface area contributed by atoms with E-state index in [2.05, 4.69) is 12.1 Å². The molecule has 94 valence electrons. The van der Waals surface area contributed by atoms with Crippen LogP contribution in [-0.4, -0.2) is 17.5 Å². The Morgan fingerprint density at radius 3 is 2.82 bits per heavy atom. The van der Waals surface area contributed by atoms with Crippen LogP contribution < -0.4 is 4.74 Å². The number of oxime groups is 1. The fourth-order valence-corrected chi connectivity index (χ4v) is 1.59. The molecule has 0 radical (unpaired) electrons. The predicted octanol–water partition coefficient (Wildman–Crippen LogP) is 3.84. The van der Waals surface area contributed by atoms with E-state index in [1.807, 2.05) is 24.3 Å². The molecule has 0 aliphatic heterocycles. The van der Waals surface area contributed by atoms with Crippen molar-refractivity contribution in [2.45, 2.75) is 39.5 Å². The minimum atomic E-state index is 0.599. The highest BCUT2D eigenvalue weighted by molar-refractivity contribution is 5.98. The first-order chi connectivity index (χ1) is 8.27. The Kier molecular flexibility index (Phi) is 6.15. The Bertz CT molecular complexity index is 361. The van der Waals surface area contributed by atoms with Gasteiger partial charge in [-0.15, -0.1) is 0 Å². The summed E-state index contributed by atoms with van der Waals surface area (Å²) in [5, 5.41) is 11.9. The van der Waals surface area contributed by atoms with Crippen LogP contribution >= 0.6 is 0 Å². The van der Waals surface area contributed by atoms with Gasteiger partial charge in [0, 0.05) is 5.56 Å². The van der Waals surface area contributed by atoms with Gasteiger partial charge in [-0.3, -0.25) is 0 Å². The Morgan fingerprint density at radius 2 is 2.12 bits per heavy atom. The smallest absolute Gasteiger partial charge is 0.119 e. The van der Waals surface area contributed by atoms with Gasteiger partial charge in [0.1, 0.15) is 5.75 Å². The van der Waals surface area contributed by atoms with Crippen molar-refractivity contribution in [2.75, 3.05) is 6.61 Å². The zero-order valence-electron chi connectivity index (χ0n) is 10.6. The molecule has 0 bridgehead atoms. The summed E-state index contributed by atoms with van der Waals surface area (Å²) in [6.07, 6.45) is 4.81. The van der Waals surface area contributed by atoms with E-state index in [-0.39, 0.29) is 0 Å². The molecule has 0 heterocycles. The Labute approximate surface area is 103 Å². The van der Waals surface area contributed by atoms with E-state index in [9.17, 15) is 0 Å². The molecule has 3 heteroatoms. The van der Waals surface area contributed by atoms with Gasteiger partial charge in [-0.2, -0.15) is 0 Å². The maximum absolute atomic E-state index is 8.70. The van der Waals surface area contributed by atoms with Crippen molar-refractivity contribution in [1.82, 2.24) is 0 Å². The van der Waals surface area contributed by atoms with E-state index < -0.39 is 0 Å². The van der Waals surface area contributed by atoms with Crippen molar-refractivity contribution in [1.29, 1.82) is 0 Å². The fourth-order valence-electron chi connectivity index (χ4n) is 1.59. The molecule has 0 aliphatic carbocycles. The molecule has 1 rings (SSSR count). The largest absolute Gasteiger partial charge is 0.494 e. The van der Waals surface area contributed by atoms with Crippen molar-refractivity contribution >= 4 is 5.71 Å². The highest BCUT2D eigenvalue weighted by Gasteiger charge is 2.00. The maximum Gasteiger partial charge on any atom is 0.119 e. The third kappa shape index (κ3) is 4.89. The van der Waals surface area contributed by atoms with Gasteiger partial charge in [-0.05, 0) is 25.5 Å². The highest BCUT2D eigenvalue weighted by atomic mass is 16.5. The third-order valence-electron chi connectivity index (χ3n) is 2.67. The monoisotopic (exact) mass is 235 g/mol. The van der Waals surface area contributed by atoms with Crippen molar-refractivity contribution in [3.8, 4) is 5.75 Å². The lowest BCUT2D eigenvalue weighted by atomic mass is 10.1. The molecule has 1 aromatic carbocycles. The normalized spacial score (nSPS) is 11.5. The summed E-state index contributed by atoms with van der Waals surface area (Å²) in [7, 11) is 0. The number of rotatable bonds is 7. The van der Waals surface area contributed by atoms with Gasteiger partial charge in [0.25, 0.3) is 0 Å². The standard InChI is InChI=1S/C14H21NO2/c1-3-4-5-6-10-17-14-9-7-8-13(11-14)12(2)15-16/h7-9,11,16H,3-6,10H2,1-2H3. The van der Waals surface area contributed by atoms with Crippen LogP contribution in [0.5, 0.6) is 5.75 Å². The topological polar surface area (TPSA) is 41.8 Å². The first kappa shape index (κ1) is 13.6. The lowest BCUT2D eigenvalue weighted by molar-refractivity contribution is 0.305. The first-order valence-corrected chi connectivity index (χ1v) is 6.19. The van der Waals surface area contributed by atoms with Crippen LogP contribution in [0.25, 0.3) is 0 Å². The molecule has 0 saturated carbocycles. The molecule has 0 saturated heterocycles. The van der Waals surface area contributed by atoms with Crippen molar-refractivity contribution in [3.05, 3.63) is 29.8 Å². The molecule has 3 nitrogen and oxygen atoms in total. The second-order valence-corrected chi connectivity index (χ2v) is 4.12. The zero-order valence-corrected chi connectivity index (χ0v) is 10.6. The molecule has 1 N–H and O–H groups in total. The van der Waals surface area contributed by atoms with Crippen molar-refractivity contribution in [3.63, 3.8) is 0 Å². The van der Waals surface area contributed by atoms with Crippen LogP contribution in [0.15, 0.2) is 29.4 Å². The average Bonchev–Trinajstić information content (AvgIpc) is 2.38. The van der Waals surface area contributed by atoms with Crippen LogP contribution in [0.1, 0.15) is 45.1 Å². The van der Waals surface area contributed by atoms with Gasteiger partial charge in [0.15, 0.2) is 0 Å². The first-order valence-electron chi connectivity index (χ1n) is 6.19. The van der Waals surface area contributed by atoms with E-state index in [4.69, 9.17) is 9.94 Å². The summed E-state index contributed by atoms with van der Waals surface area (Å²) >= 11 is 0. The number of hydrogen-bond donors (Lipinski definition) is 1. The summed E-state index contributed by atoms with van der Waals surface area (Å²) in [6.45, 7) is 4.71. The zero-order chi connectivity index (χ0) is 12.5. The quantitative estimate of drug-likeness (QED) is 0.337. The van der Waals surface area contributed by atoms with E-state index in [0.717, 1.165) is 24.3 Å². The third-order valence-corrected chi connectivity index (χ3v) is 2.67. The molecule has 0 atom stereocenters. The van der Waals surface area contributed by atoms with E-state index in [0.29, 0.717) is 5.71 Å². The average molecular weight is 235 g/mol. The summed E-state index contributed by atoms with van der Waals surface area (Å²) in [5.74, 6) is 0.835. The molecular weight excluding hydrogens is 214 g/mol. The summed E-state index contributed by atoms with van der Waals surface area (Å²) in [4.78, 5) is 0. The number of nitrogens with zero attached hydrogens (tertiary/aromatic N) is 1. The van der Waals surface area contributed by atoms with Crippen LogP contribution in [0.2, 0.25) is 0 Å². The van der Waals surface area contributed by atoms with Gasteiger partial charge in [0.2, 0.25) is 0 Å². The summed E-state index contributed by atoms with van der Waals surface area (Å²) in [6, 6.07) is 7.63. The lowest BCUT2D eigenvalue weighted by Gasteiger charge is -2.07. The van der Waals surface area contributed by atoms with Gasteiger partial charge in [0.05, 0.1) is 12.3 Å². The van der Waals surface area contributed by atoms with Crippen LogP contribution in [-0.2, 0) is 0 Å². The van der Waals surface area contributed by atoms with Crippen LogP contribution in [0.4, 0.5) is 0 Å². The van der Waals surface area contributed by atoms with Crippen LogP contribution in [0, 0.1) is 0 Å². The molecule has 0 fully saturated rings. The lowest BCUT2D eigenvalue weighted by Crippen LogP contribution is -1.99. The fraction of sp³-hybridized carbons (Fsp3) is 0.500. The molecule has 0 amide bonds. The molecule has 0 spiro atoms. The van der Waals surface area contributed by atoms with Gasteiger partial charge in [-0.1, -0.05) is 43.5 Å². The number of ether oxygens (including phenoxy) is 1. The molecular formula is C14H21NO2. The Morgan fingerprint density at radius 1 is 1.29 bits per heavy atom. The van der Waals surface area contributed by atoms with Crippen molar-refractivity contribution < 1.29 is 9.94 Å². The Balaban J connectivity index is 2.43. The molecule has 17 heavy (non-hydrogen) atoms. The predicted molar refractivity (Wildman–Crippen MR) is 70.1 cm³/mol. The SMILES string of the molecule is CCCCCCOc1cccc(C(C)=NO)c1. The van der Waals surface area contributed by atoms with E-state index in [1.54, 1.807) is 6.92 Å². The number of hydrogen-bond acceptors (Lipinski definition) is 3. The molecule has 0 aliphatic rings. The van der Waals surface area contributed by atoms with Gasteiger partial charge < -0.3 is 9.94 Å². The van der Waals surface area contributed by atoms with Crippen molar-refractivity contribution in [2.24, 2.45) is 5.16 Å². The molecule has 0 unspecified atom stereocenters. The van der Waals surface area contributed by atoms with Crippen LogP contribution in [0.3, 0.4) is 0 Å². The minimum absolute atomic E-state index is 0.599. The second kappa shape index (κ2) is 7.71. The second-order valence-electron chi connectivity index (χ2n) is 4.12. The highest BCUT2D eigenvalue weighted by Crippen LogP contribution is 2.14. The Hall–Kier alpha value is -1.51. The molecule has 1 aromatic rings. The molecule has 0 aromatic heterocycles. The van der Waals surface area contributed by atoms with Gasteiger partial charge >= 0.3 is 0 Å². The summed E-state index contributed by atoms with van der Waals surface area (Å²) in [5.41, 5.74) is 1.49.